The van der Waals surface area contributed by atoms with Gasteiger partial charge in [0.15, 0.2) is 0 Å². The molecule has 0 heterocycles. The molecule has 0 amide bonds. The van der Waals surface area contributed by atoms with E-state index in [4.69, 9.17) is 5.73 Å². The van der Waals surface area contributed by atoms with E-state index in [-0.39, 0.29) is 5.41 Å². The van der Waals surface area contributed by atoms with Gasteiger partial charge in [-0.1, -0.05) is 142 Å². The highest BCUT2D eigenvalue weighted by atomic mass is 15.2. The van der Waals surface area contributed by atoms with Crippen molar-refractivity contribution in [2.45, 2.75) is 39.0 Å². The minimum Gasteiger partial charge on any atom is -0.398 e. The molecule has 2 N–H and O–H groups in total. The first kappa shape index (κ1) is 34.2. The zero-order valence-electron chi connectivity index (χ0n) is 31.7. The summed E-state index contributed by atoms with van der Waals surface area (Å²) in [7, 11) is 0. The third-order valence-electron chi connectivity index (χ3n) is 11.3. The minimum atomic E-state index is -0.270. The molecule has 0 fully saturated rings. The smallest absolute Gasteiger partial charge is 0.0543 e. The molecule has 8 aromatic carbocycles. The molecule has 3 nitrogen and oxygen atoms in total. The molecule has 1 aliphatic carbocycles. The van der Waals surface area contributed by atoms with E-state index in [1.54, 1.807) is 0 Å². The highest BCUT2D eigenvalue weighted by Crippen LogP contribution is 2.56. The number of nitrogens with zero attached hydrogens (tertiary/aromatic N) is 2. The summed E-state index contributed by atoms with van der Waals surface area (Å²) in [6.07, 6.45) is 1.93. The number of rotatable bonds is 9. The normalized spacial score (nSPS) is 12.6. The summed E-state index contributed by atoms with van der Waals surface area (Å²) >= 11 is 0. The maximum atomic E-state index is 6.65. The van der Waals surface area contributed by atoms with Crippen molar-refractivity contribution in [3.05, 3.63) is 199 Å². The average Bonchev–Trinajstić information content (AvgIpc) is 3.45. The zero-order valence-corrected chi connectivity index (χ0v) is 31.7. The number of benzene rings is 8. The van der Waals surface area contributed by atoms with Crippen molar-refractivity contribution in [2.75, 3.05) is 15.5 Å². The Kier molecular flexibility index (Phi) is 8.71. The van der Waals surface area contributed by atoms with Gasteiger partial charge < -0.3 is 15.5 Å². The maximum Gasteiger partial charge on any atom is 0.0543 e. The average molecular weight is 712 g/mol. The molecule has 0 atom stereocenters. The molecule has 9 rings (SSSR count). The molecule has 0 radical (unpaired) electrons. The highest BCUT2D eigenvalue weighted by molar-refractivity contribution is 6.10. The van der Waals surface area contributed by atoms with Crippen molar-refractivity contribution in [3.63, 3.8) is 0 Å². The molecule has 55 heavy (non-hydrogen) atoms. The summed E-state index contributed by atoms with van der Waals surface area (Å²) < 4.78 is 0. The van der Waals surface area contributed by atoms with E-state index in [9.17, 15) is 0 Å². The number of fused-ring (bicyclic) bond motifs is 5. The summed E-state index contributed by atoms with van der Waals surface area (Å²) in [4.78, 5) is 4.86. The first-order valence-corrected chi connectivity index (χ1v) is 19.4. The third-order valence-corrected chi connectivity index (χ3v) is 11.3. The lowest BCUT2D eigenvalue weighted by Crippen LogP contribution is -2.18. The quantitative estimate of drug-likeness (QED) is 0.151. The van der Waals surface area contributed by atoms with Crippen molar-refractivity contribution in [1.29, 1.82) is 0 Å². The Bertz CT molecular complexity index is 2610. The van der Waals surface area contributed by atoms with Crippen LogP contribution in [0.25, 0.3) is 33.0 Å². The minimum absolute atomic E-state index is 0.270. The summed E-state index contributed by atoms with van der Waals surface area (Å²) in [6, 6.07) is 65.7. The Morgan fingerprint density at radius 1 is 0.455 bits per heavy atom. The van der Waals surface area contributed by atoms with E-state index < -0.39 is 0 Å². The van der Waals surface area contributed by atoms with Gasteiger partial charge in [-0.25, -0.2) is 0 Å². The van der Waals surface area contributed by atoms with Crippen molar-refractivity contribution >= 4 is 50.6 Å². The topological polar surface area (TPSA) is 32.5 Å². The van der Waals surface area contributed by atoms with E-state index in [1.165, 1.54) is 55.5 Å². The Balaban J connectivity index is 1.27. The number of nitrogens with two attached hydrogens (primary N) is 1. The molecular formula is C52H45N3. The third kappa shape index (κ3) is 5.84. The monoisotopic (exact) mass is 711 g/mol. The molecule has 0 bridgehead atoms. The van der Waals surface area contributed by atoms with Crippen LogP contribution >= 0.6 is 0 Å². The summed E-state index contributed by atoms with van der Waals surface area (Å²) in [5.41, 5.74) is 22.9. The Hall–Kier alpha value is -6.58. The molecule has 3 heteroatoms. The van der Waals surface area contributed by atoms with E-state index in [2.05, 4.69) is 200 Å². The second kappa shape index (κ2) is 14.0. The van der Waals surface area contributed by atoms with Gasteiger partial charge >= 0.3 is 0 Å². The van der Waals surface area contributed by atoms with E-state index in [0.29, 0.717) is 0 Å². The number of hydrogen-bond donors (Lipinski definition) is 1. The highest BCUT2D eigenvalue weighted by Gasteiger charge is 2.38. The number of para-hydroxylation sites is 4. The number of anilines is 7. The van der Waals surface area contributed by atoms with Gasteiger partial charge in [-0.05, 0) is 112 Å². The standard InChI is InChI=1S/C52H45N3/c1-4-19-42-40(41-26-16-17-30-48(41)53)29-18-31-49(42)55(38-24-12-7-13-25-38)50-35-47-51(44-28-15-14-27-43(44)50)45-33-32-39(34-46(45)52(47,2)3)54(36-20-8-5-9-21-36)37-22-10-6-11-23-37/h5-18,20-35H,4,19,53H2,1-3H3. The largest absolute Gasteiger partial charge is 0.398 e. The first-order chi connectivity index (χ1) is 27.0. The molecular weight excluding hydrogens is 667 g/mol. The fourth-order valence-corrected chi connectivity index (χ4v) is 8.75. The second-order valence-corrected chi connectivity index (χ2v) is 15.0. The first-order valence-electron chi connectivity index (χ1n) is 19.4. The predicted octanol–water partition coefficient (Wildman–Crippen LogP) is 14.3. The predicted molar refractivity (Wildman–Crippen MR) is 235 cm³/mol. The van der Waals surface area contributed by atoms with E-state index in [1.807, 2.05) is 12.1 Å². The molecule has 268 valence electrons. The van der Waals surface area contributed by atoms with Crippen LogP contribution in [0.2, 0.25) is 0 Å². The van der Waals surface area contributed by atoms with Gasteiger partial charge in [-0.3, -0.25) is 0 Å². The lowest BCUT2D eigenvalue weighted by atomic mass is 9.81. The molecule has 0 saturated heterocycles. The van der Waals surface area contributed by atoms with Crippen LogP contribution in [-0.2, 0) is 11.8 Å². The van der Waals surface area contributed by atoms with Gasteiger partial charge in [-0.15, -0.1) is 0 Å². The molecule has 0 unspecified atom stereocenters. The van der Waals surface area contributed by atoms with Crippen molar-refractivity contribution < 1.29 is 0 Å². The van der Waals surface area contributed by atoms with Gasteiger partial charge in [0.25, 0.3) is 0 Å². The van der Waals surface area contributed by atoms with E-state index >= 15 is 0 Å². The maximum absolute atomic E-state index is 6.65. The Morgan fingerprint density at radius 3 is 1.65 bits per heavy atom. The fourth-order valence-electron chi connectivity index (χ4n) is 8.75. The lowest BCUT2D eigenvalue weighted by molar-refractivity contribution is 0.661. The van der Waals surface area contributed by atoms with Crippen LogP contribution < -0.4 is 15.5 Å². The molecule has 0 spiro atoms. The number of nitrogen functional groups attached to an aromatic ring is 1. The van der Waals surface area contributed by atoms with E-state index in [0.717, 1.165) is 46.8 Å². The Morgan fingerprint density at radius 2 is 1.02 bits per heavy atom. The van der Waals surface area contributed by atoms with Crippen molar-refractivity contribution in [1.82, 2.24) is 0 Å². The lowest BCUT2D eigenvalue weighted by Gasteiger charge is -2.32. The summed E-state index contributed by atoms with van der Waals surface area (Å²) in [6.45, 7) is 7.05. The van der Waals surface area contributed by atoms with Gasteiger partial charge in [0.1, 0.15) is 0 Å². The summed E-state index contributed by atoms with van der Waals surface area (Å²) in [5.74, 6) is 0. The van der Waals surface area contributed by atoms with Gasteiger partial charge in [-0.2, -0.15) is 0 Å². The van der Waals surface area contributed by atoms with Crippen molar-refractivity contribution in [3.8, 4) is 22.3 Å². The molecule has 8 aromatic rings. The van der Waals surface area contributed by atoms with Gasteiger partial charge in [0, 0.05) is 50.5 Å². The van der Waals surface area contributed by atoms with Crippen LogP contribution in [0.4, 0.5) is 39.8 Å². The molecule has 0 aliphatic heterocycles. The van der Waals surface area contributed by atoms with Gasteiger partial charge in [0.2, 0.25) is 0 Å². The summed E-state index contributed by atoms with van der Waals surface area (Å²) in [5, 5.41) is 2.49. The fraction of sp³-hybridized carbons (Fsp3) is 0.115. The molecule has 0 aromatic heterocycles. The van der Waals surface area contributed by atoms with Crippen molar-refractivity contribution in [2.24, 2.45) is 0 Å². The second-order valence-electron chi connectivity index (χ2n) is 15.0. The van der Waals surface area contributed by atoms with Gasteiger partial charge in [0.05, 0.1) is 5.69 Å². The van der Waals surface area contributed by atoms with Crippen LogP contribution in [0.3, 0.4) is 0 Å². The Labute approximate surface area is 324 Å². The number of hydrogen-bond acceptors (Lipinski definition) is 3. The SMILES string of the molecule is CCCc1c(-c2ccccc2N)cccc1N(c1ccccc1)c1cc2c(c3ccccc13)-c1ccc(N(c3ccccc3)c3ccccc3)cc1C2(C)C. The molecule has 1 aliphatic rings. The van der Waals surface area contributed by atoms with Crippen LogP contribution in [0.5, 0.6) is 0 Å². The van der Waals surface area contributed by atoms with Crippen LogP contribution in [0, 0.1) is 0 Å². The van der Waals surface area contributed by atoms with Crippen LogP contribution in [-0.4, -0.2) is 0 Å². The molecule has 0 saturated carbocycles. The van der Waals surface area contributed by atoms with Crippen LogP contribution in [0.1, 0.15) is 43.9 Å². The van der Waals surface area contributed by atoms with Crippen LogP contribution in [0.15, 0.2) is 182 Å². The zero-order chi connectivity index (χ0) is 37.5.